The van der Waals surface area contributed by atoms with Gasteiger partial charge in [-0.15, -0.1) is 0 Å². The maximum atomic E-state index is 12.5. The molecule has 0 spiro atoms. The highest BCUT2D eigenvalue weighted by Crippen LogP contribution is 2.40. The standard InChI is InChI=1S/C14H10Cl2F3NS/c15-10-6-5-9(7-11(10)16)8-20-12-3-1-2-4-13(12)21-14(17,18)19/h1-7,20H,8H2. The van der Waals surface area contributed by atoms with Crippen LogP contribution < -0.4 is 5.32 Å². The Morgan fingerprint density at radius 2 is 1.71 bits per heavy atom. The lowest BCUT2D eigenvalue weighted by Crippen LogP contribution is -2.04. The van der Waals surface area contributed by atoms with Crippen LogP contribution in [0.15, 0.2) is 47.4 Å². The summed E-state index contributed by atoms with van der Waals surface area (Å²) >= 11 is 11.6. The van der Waals surface area contributed by atoms with E-state index in [2.05, 4.69) is 5.32 Å². The van der Waals surface area contributed by atoms with Crippen LogP contribution in [0.2, 0.25) is 10.0 Å². The van der Waals surface area contributed by atoms with E-state index in [-0.39, 0.29) is 16.7 Å². The minimum Gasteiger partial charge on any atom is -0.380 e. The average molecular weight is 352 g/mol. The number of hydrogen-bond donors (Lipinski definition) is 1. The van der Waals surface area contributed by atoms with Crippen LogP contribution in [0.25, 0.3) is 0 Å². The fraction of sp³-hybridized carbons (Fsp3) is 0.143. The zero-order chi connectivity index (χ0) is 15.5. The van der Waals surface area contributed by atoms with Gasteiger partial charge < -0.3 is 5.32 Å². The number of rotatable bonds is 4. The summed E-state index contributed by atoms with van der Waals surface area (Å²) in [5, 5.41) is 3.83. The van der Waals surface area contributed by atoms with Crippen LogP contribution in [-0.4, -0.2) is 5.51 Å². The van der Waals surface area contributed by atoms with Gasteiger partial charge in [-0.3, -0.25) is 0 Å². The summed E-state index contributed by atoms with van der Waals surface area (Å²) in [7, 11) is 0. The van der Waals surface area contributed by atoms with Crippen molar-refractivity contribution in [2.45, 2.75) is 16.9 Å². The summed E-state index contributed by atoms with van der Waals surface area (Å²) in [6.07, 6.45) is 0. The van der Waals surface area contributed by atoms with Gasteiger partial charge in [0.1, 0.15) is 0 Å². The molecule has 0 radical (unpaired) electrons. The van der Waals surface area contributed by atoms with Crippen LogP contribution in [0.3, 0.4) is 0 Å². The highest BCUT2D eigenvalue weighted by Gasteiger charge is 2.30. The van der Waals surface area contributed by atoms with Crippen molar-refractivity contribution in [2.75, 3.05) is 5.32 Å². The van der Waals surface area contributed by atoms with Gasteiger partial charge in [0.2, 0.25) is 0 Å². The largest absolute Gasteiger partial charge is 0.446 e. The summed E-state index contributed by atoms with van der Waals surface area (Å²) in [6.45, 7) is 0.353. The number of nitrogens with one attached hydrogen (secondary N) is 1. The van der Waals surface area contributed by atoms with E-state index in [1.54, 1.807) is 36.4 Å². The Morgan fingerprint density at radius 3 is 2.38 bits per heavy atom. The van der Waals surface area contributed by atoms with E-state index >= 15 is 0 Å². The molecule has 0 aliphatic carbocycles. The molecular weight excluding hydrogens is 342 g/mol. The lowest BCUT2D eigenvalue weighted by molar-refractivity contribution is -0.0327. The van der Waals surface area contributed by atoms with Crippen LogP contribution in [0.1, 0.15) is 5.56 Å². The van der Waals surface area contributed by atoms with Gasteiger partial charge in [0.25, 0.3) is 0 Å². The van der Waals surface area contributed by atoms with Gasteiger partial charge in [-0.1, -0.05) is 41.4 Å². The predicted octanol–water partition coefficient (Wildman–Crippen LogP) is 6.22. The Kier molecular flexibility index (Phi) is 5.30. The van der Waals surface area contributed by atoms with Crippen molar-refractivity contribution in [3.8, 4) is 0 Å². The topological polar surface area (TPSA) is 12.0 Å². The Morgan fingerprint density at radius 1 is 1.00 bits per heavy atom. The second kappa shape index (κ2) is 6.81. The molecule has 0 atom stereocenters. The SMILES string of the molecule is FC(F)(F)Sc1ccccc1NCc1ccc(Cl)c(Cl)c1. The first kappa shape index (κ1) is 16.3. The maximum Gasteiger partial charge on any atom is 0.446 e. The zero-order valence-corrected chi connectivity index (χ0v) is 12.9. The summed E-state index contributed by atoms with van der Waals surface area (Å²) < 4.78 is 37.5. The Bertz CT molecular complexity index is 632. The predicted molar refractivity (Wildman–Crippen MR) is 82.1 cm³/mol. The fourth-order valence-electron chi connectivity index (χ4n) is 1.67. The van der Waals surface area contributed by atoms with Gasteiger partial charge in [0, 0.05) is 17.1 Å². The van der Waals surface area contributed by atoms with Crippen molar-refractivity contribution < 1.29 is 13.2 Å². The molecule has 0 bridgehead atoms. The molecule has 1 nitrogen and oxygen atoms in total. The van der Waals surface area contributed by atoms with E-state index in [1.165, 1.54) is 6.07 Å². The fourth-order valence-corrected chi connectivity index (χ4v) is 2.64. The monoisotopic (exact) mass is 351 g/mol. The molecule has 0 saturated carbocycles. The van der Waals surface area contributed by atoms with Crippen molar-refractivity contribution in [1.82, 2.24) is 0 Å². The van der Waals surface area contributed by atoms with E-state index < -0.39 is 5.51 Å². The van der Waals surface area contributed by atoms with Gasteiger partial charge in [-0.05, 0) is 41.6 Å². The first-order valence-electron chi connectivity index (χ1n) is 5.88. The molecule has 0 aliphatic heterocycles. The van der Waals surface area contributed by atoms with Gasteiger partial charge in [-0.25, -0.2) is 0 Å². The maximum absolute atomic E-state index is 12.5. The Hall–Kier alpha value is -1.04. The van der Waals surface area contributed by atoms with E-state index in [0.717, 1.165) is 5.56 Å². The molecule has 21 heavy (non-hydrogen) atoms. The van der Waals surface area contributed by atoms with Crippen LogP contribution >= 0.6 is 35.0 Å². The van der Waals surface area contributed by atoms with E-state index in [9.17, 15) is 13.2 Å². The molecule has 0 aliphatic rings. The average Bonchev–Trinajstić information content (AvgIpc) is 2.40. The molecule has 7 heteroatoms. The molecule has 2 aromatic carbocycles. The lowest BCUT2D eigenvalue weighted by atomic mass is 10.2. The third-order valence-corrected chi connectivity index (χ3v) is 4.13. The highest BCUT2D eigenvalue weighted by atomic mass is 35.5. The van der Waals surface area contributed by atoms with Crippen molar-refractivity contribution in [3.63, 3.8) is 0 Å². The van der Waals surface area contributed by atoms with Crippen molar-refractivity contribution in [3.05, 3.63) is 58.1 Å². The van der Waals surface area contributed by atoms with Crippen LogP contribution in [0.4, 0.5) is 18.9 Å². The van der Waals surface area contributed by atoms with Gasteiger partial charge in [0.05, 0.1) is 10.0 Å². The minimum atomic E-state index is -4.32. The number of hydrogen-bond acceptors (Lipinski definition) is 2. The molecule has 0 amide bonds. The van der Waals surface area contributed by atoms with Gasteiger partial charge >= 0.3 is 5.51 Å². The molecule has 2 rings (SSSR count). The third-order valence-electron chi connectivity index (χ3n) is 2.58. The molecular formula is C14H10Cl2F3NS. The van der Waals surface area contributed by atoms with Crippen molar-refractivity contribution >= 4 is 40.7 Å². The highest BCUT2D eigenvalue weighted by molar-refractivity contribution is 8.00. The normalized spacial score (nSPS) is 11.5. The summed E-state index contributed by atoms with van der Waals surface area (Å²) in [5.41, 5.74) is -3.07. The van der Waals surface area contributed by atoms with Crippen LogP contribution in [0.5, 0.6) is 0 Å². The number of benzene rings is 2. The summed E-state index contributed by atoms with van der Waals surface area (Å²) in [5.74, 6) is 0. The van der Waals surface area contributed by atoms with E-state index in [1.807, 2.05) is 0 Å². The molecule has 0 fully saturated rings. The minimum absolute atomic E-state index is 0.130. The molecule has 1 N–H and O–H groups in total. The molecule has 2 aromatic rings. The molecule has 0 heterocycles. The van der Waals surface area contributed by atoms with E-state index in [0.29, 0.717) is 22.3 Å². The van der Waals surface area contributed by atoms with Gasteiger partial charge in [-0.2, -0.15) is 13.2 Å². The molecule has 0 aromatic heterocycles. The summed E-state index contributed by atoms with van der Waals surface area (Å²) in [6, 6.07) is 11.4. The van der Waals surface area contributed by atoms with Crippen molar-refractivity contribution in [2.24, 2.45) is 0 Å². The molecule has 0 unspecified atom stereocenters. The number of thioether (sulfide) groups is 1. The number of alkyl halides is 3. The lowest BCUT2D eigenvalue weighted by Gasteiger charge is -2.13. The first-order valence-corrected chi connectivity index (χ1v) is 7.45. The zero-order valence-electron chi connectivity index (χ0n) is 10.5. The number of anilines is 1. The second-order valence-electron chi connectivity index (χ2n) is 4.15. The number of halogens is 5. The Labute approximate surface area is 134 Å². The van der Waals surface area contributed by atoms with Crippen LogP contribution in [-0.2, 0) is 6.54 Å². The third kappa shape index (κ3) is 5.02. The first-order chi connectivity index (χ1) is 9.85. The summed E-state index contributed by atoms with van der Waals surface area (Å²) in [4.78, 5) is 0.130. The Balaban J connectivity index is 2.11. The second-order valence-corrected chi connectivity index (χ2v) is 6.07. The van der Waals surface area contributed by atoms with Crippen molar-refractivity contribution in [1.29, 1.82) is 0 Å². The number of para-hydroxylation sites is 1. The van der Waals surface area contributed by atoms with E-state index in [4.69, 9.17) is 23.2 Å². The quantitative estimate of drug-likeness (QED) is 0.656. The van der Waals surface area contributed by atoms with Gasteiger partial charge in [0.15, 0.2) is 0 Å². The molecule has 112 valence electrons. The smallest absolute Gasteiger partial charge is 0.380 e. The molecule has 0 saturated heterocycles. The van der Waals surface area contributed by atoms with Crippen LogP contribution in [0, 0.1) is 0 Å².